The van der Waals surface area contributed by atoms with Gasteiger partial charge in [0.15, 0.2) is 6.61 Å². The minimum absolute atomic E-state index is 0.0237. The van der Waals surface area contributed by atoms with Gasteiger partial charge in [-0.25, -0.2) is 0 Å². The van der Waals surface area contributed by atoms with Crippen molar-refractivity contribution in [3.8, 4) is 11.8 Å². The number of carbonyl (C=O) groups is 1. The maximum Gasteiger partial charge on any atom is 0.230 e. The van der Waals surface area contributed by atoms with E-state index in [1.54, 1.807) is 12.1 Å². The lowest BCUT2D eigenvalue weighted by Gasteiger charge is -2.32. The van der Waals surface area contributed by atoms with E-state index in [9.17, 15) is 4.79 Å². The molecule has 0 saturated heterocycles. The molecule has 1 amide bonds. The van der Waals surface area contributed by atoms with Crippen molar-refractivity contribution < 1.29 is 9.53 Å². The number of nitrogens with zero attached hydrogens (tertiary/aromatic N) is 1. The number of rotatable bonds is 4. The number of amides is 1. The molecule has 2 rings (SSSR count). The van der Waals surface area contributed by atoms with Crippen molar-refractivity contribution >= 4 is 11.6 Å². The molecule has 4 nitrogen and oxygen atoms in total. The first-order valence-corrected chi connectivity index (χ1v) is 7.06. The van der Waals surface area contributed by atoms with Crippen LogP contribution in [0.1, 0.15) is 39.0 Å². The quantitative estimate of drug-likeness (QED) is 0.912. The van der Waals surface area contributed by atoms with E-state index in [4.69, 9.17) is 10.00 Å². The summed E-state index contributed by atoms with van der Waals surface area (Å²) in [6, 6.07) is 9.16. The molecule has 0 heterocycles. The third-order valence-corrected chi connectivity index (χ3v) is 3.93. The molecule has 0 unspecified atom stereocenters. The maximum atomic E-state index is 12.5. The van der Waals surface area contributed by atoms with E-state index < -0.39 is 0 Å². The highest BCUT2D eigenvalue weighted by molar-refractivity contribution is 5.96. The summed E-state index contributed by atoms with van der Waals surface area (Å²) in [5, 5.41) is 11.5. The van der Waals surface area contributed by atoms with Crippen LogP contribution in [0.15, 0.2) is 24.3 Å². The minimum atomic E-state index is -0.291. The molecule has 20 heavy (non-hydrogen) atoms. The van der Waals surface area contributed by atoms with Crippen molar-refractivity contribution in [3.63, 3.8) is 0 Å². The van der Waals surface area contributed by atoms with Gasteiger partial charge in [0.25, 0.3) is 0 Å². The van der Waals surface area contributed by atoms with Crippen LogP contribution in [0.5, 0.6) is 5.75 Å². The lowest BCUT2D eigenvalue weighted by atomic mass is 9.75. The van der Waals surface area contributed by atoms with Crippen molar-refractivity contribution in [2.45, 2.75) is 39.0 Å². The van der Waals surface area contributed by atoms with Crippen LogP contribution < -0.4 is 10.1 Å². The van der Waals surface area contributed by atoms with Gasteiger partial charge in [0, 0.05) is 5.41 Å². The van der Waals surface area contributed by atoms with Crippen LogP contribution in [-0.4, -0.2) is 12.5 Å². The standard InChI is InChI=1S/C16H20N2O2/c1-16(9-5-2-6-10-16)15(19)18-13-7-3-4-8-14(13)20-12-11-17/h3-4,7-8H,2,5-6,9-10,12H2,1H3,(H,18,19). The molecule has 0 spiro atoms. The normalized spacial score (nSPS) is 17.0. The lowest BCUT2D eigenvalue weighted by Crippen LogP contribution is -2.35. The Kier molecular flexibility index (Phi) is 4.62. The smallest absolute Gasteiger partial charge is 0.230 e. The van der Waals surface area contributed by atoms with E-state index in [1.807, 2.05) is 25.1 Å². The monoisotopic (exact) mass is 272 g/mol. The summed E-state index contributed by atoms with van der Waals surface area (Å²) in [6.07, 6.45) is 5.29. The molecule has 1 fully saturated rings. The highest BCUT2D eigenvalue weighted by Gasteiger charge is 2.34. The number of ether oxygens (including phenoxy) is 1. The second-order valence-corrected chi connectivity index (χ2v) is 5.52. The largest absolute Gasteiger partial charge is 0.477 e. The Morgan fingerprint density at radius 2 is 2.05 bits per heavy atom. The number of hydrogen-bond acceptors (Lipinski definition) is 3. The summed E-state index contributed by atoms with van der Waals surface area (Å²) in [6.45, 7) is 2.00. The molecule has 0 atom stereocenters. The van der Waals surface area contributed by atoms with E-state index in [0.717, 1.165) is 25.7 Å². The van der Waals surface area contributed by atoms with Gasteiger partial charge in [-0.15, -0.1) is 0 Å². The Balaban J connectivity index is 2.09. The van der Waals surface area contributed by atoms with E-state index >= 15 is 0 Å². The predicted octanol–water partition coefficient (Wildman–Crippen LogP) is 3.50. The third-order valence-electron chi connectivity index (χ3n) is 3.93. The fourth-order valence-corrected chi connectivity index (χ4v) is 2.64. The van der Waals surface area contributed by atoms with Crippen molar-refractivity contribution in [1.29, 1.82) is 5.26 Å². The topological polar surface area (TPSA) is 62.1 Å². The molecule has 0 radical (unpaired) electrons. The molecule has 1 aromatic rings. The zero-order valence-corrected chi connectivity index (χ0v) is 11.8. The average molecular weight is 272 g/mol. The van der Waals surface area contributed by atoms with Gasteiger partial charge in [-0.1, -0.05) is 38.3 Å². The summed E-state index contributed by atoms with van der Waals surface area (Å²) in [5.74, 6) is 0.590. The van der Waals surface area contributed by atoms with Gasteiger partial charge < -0.3 is 10.1 Å². The van der Waals surface area contributed by atoms with Gasteiger partial charge in [0.1, 0.15) is 11.8 Å². The molecule has 0 bridgehead atoms. The number of carbonyl (C=O) groups excluding carboxylic acids is 1. The number of nitriles is 1. The molecule has 1 aliphatic carbocycles. The van der Waals surface area contributed by atoms with Gasteiger partial charge in [0.2, 0.25) is 5.91 Å². The SMILES string of the molecule is CC1(C(=O)Nc2ccccc2OCC#N)CCCCC1. The molecule has 1 aromatic carbocycles. The van der Waals surface area contributed by atoms with E-state index in [-0.39, 0.29) is 17.9 Å². The Labute approximate surface area is 119 Å². The molecular weight excluding hydrogens is 252 g/mol. The van der Waals surface area contributed by atoms with Crippen LogP contribution >= 0.6 is 0 Å². The van der Waals surface area contributed by atoms with Crippen LogP contribution in [0, 0.1) is 16.7 Å². The molecule has 0 aliphatic heterocycles. The minimum Gasteiger partial charge on any atom is -0.477 e. The van der Waals surface area contributed by atoms with Crippen molar-refractivity contribution in [3.05, 3.63) is 24.3 Å². The van der Waals surface area contributed by atoms with E-state index in [1.165, 1.54) is 6.42 Å². The number of anilines is 1. The summed E-state index contributed by atoms with van der Waals surface area (Å²) in [7, 11) is 0. The fraction of sp³-hybridized carbons (Fsp3) is 0.500. The number of nitrogens with one attached hydrogen (secondary N) is 1. The van der Waals surface area contributed by atoms with Gasteiger partial charge in [0.05, 0.1) is 5.69 Å². The molecule has 1 saturated carbocycles. The van der Waals surface area contributed by atoms with Gasteiger partial charge in [-0.2, -0.15) is 5.26 Å². The summed E-state index contributed by atoms with van der Waals surface area (Å²) < 4.78 is 5.33. The second kappa shape index (κ2) is 6.42. The first-order valence-electron chi connectivity index (χ1n) is 7.06. The first kappa shape index (κ1) is 14.4. The average Bonchev–Trinajstić information content (AvgIpc) is 2.47. The molecule has 106 valence electrons. The second-order valence-electron chi connectivity index (χ2n) is 5.52. The first-order chi connectivity index (χ1) is 9.65. The van der Waals surface area contributed by atoms with Crippen LogP contribution in [-0.2, 0) is 4.79 Å². The zero-order chi connectivity index (χ0) is 14.4. The Hall–Kier alpha value is -2.02. The molecule has 1 N–H and O–H groups in total. The predicted molar refractivity (Wildman–Crippen MR) is 77.4 cm³/mol. The molecule has 1 aliphatic rings. The van der Waals surface area contributed by atoms with E-state index in [0.29, 0.717) is 11.4 Å². The van der Waals surface area contributed by atoms with Gasteiger partial charge >= 0.3 is 0 Å². The lowest BCUT2D eigenvalue weighted by molar-refractivity contribution is -0.126. The molecule has 4 heteroatoms. The van der Waals surface area contributed by atoms with Gasteiger partial charge in [-0.05, 0) is 25.0 Å². The van der Waals surface area contributed by atoms with Crippen LogP contribution in [0.2, 0.25) is 0 Å². The Morgan fingerprint density at radius 1 is 1.35 bits per heavy atom. The van der Waals surface area contributed by atoms with Crippen LogP contribution in [0.3, 0.4) is 0 Å². The van der Waals surface area contributed by atoms with Crippen molar-refractivity contribution in [1.82, 2.24) is 0 Å². The zero-order valence-electron chi connectivity index (χ0n) is 11.8. The number of para-hydroxylation sites is 2. The Morgan fingerprint density at radius 3 is 2.75 bits per heavy atom. The molecular formula is C16H20N2O2. The third kappa shape index (κ3) is 3.30. The van der Waals surface area contributed by atoms with Crippen LogP contribution in [0.4, 0.5) is 5.69 Å². The Bertz CT molecular complexity index is 513. The summed E-state index contributed by atoms with van der Waals surface area (Å²) in [4.78, 5) is 12.5. The number of hydrogen-bond donors (Lipinski definition) is 1. The van der Waals surface area contributed by atoms with Gasteiger partial charge in [-0.3, -0.25) is 4.79 Å². The fourth-order valence-electron chi connectivity index (χ4n) is 2.64. The number of benzene rings is 1. The summed E-state index contributed by atoms with van der Waals surface area (Å²) in [5.41, 5.74) is 0.347. The van der Waals surface area contributed by atoms with Crippen molar-refractivity contribution in [2.24, 2.45) is 5.41 Å². The highest BCUT2D eigenvalue weighted by atomic mass is 16.5. The molecule has 0 aromatic heterocycles. The van der Waals surface area contributed by atoms with Crippen molar-refractivity contribution in [2.75, 3.05) is 11.9 Å². The summed E-state index contributed by atoms with van der Waals surface area (Å²) >= 11 is 0. The van der Waals surface area contributed by atoms with Crippen LogP contribution in [0.25, 0.3) is 0 Å². The van der Waals surface area contributed by atoms with E-state index in [2.05, 4.69) is 5.32 Å². The highest BCUT2D eigenvalue weighted by Crippen LogP contribution is 2.37. The maximum absolute atomic E-state index is 12.5.